The van der Waals surface area contributed by atoms with E-state index in [-0.39, 0.29) is 5.91 Å². The minimum Gasteiger partial charge on any atom is -0.467 e. The number of hydrogen-bond acceptors (Lipinski definition) is 2. The number of nitrogens with zero attached hydrogens (tertiary/aromatic N) is 2. The maximum absolute atomic E-state index is 12.9. The number of rotatable bonds is 10. The molecule has 4 nitrogen and oxygen atoms in total. The van der Waals surface area contributed by atoms with Crippen molar-refractivity contribution in [1.29, 1.82) is 0 Å². The molecule has 0 N–H and O–H groups in total. The predicted octanol–water partition coefficient (Wildman–Crippen LogP) is 5.55. The van der Waals surface area contributed by atoms with Gasteiger partial charge in [0.15, 0.2) is 0 Å². The monoisotopic (exact) mass is 378 g/mol. The second-order valence-electron chi connectivity index (χ2n) is 7.40. The lowest BCUT2D eigenvalue weighted by molar-refractivity contribution is -0.132. The summed E-state index contributed by atoms with van der Waals surface area (Å²) in [7, 11) is 0. The maximum atomic E-state index is 12.9. The average molecular weight is 379 g/mol. The van der Waals surface area contributed by atoms with E-state index in [1.165, 1.54) is 11.1 Å². The van der Waals surface area contributed by atoms with E-state index in [0.29, 0.717) is 19.5 Å². The fourth-order valence-electron chi connectivity index (χ4n) is 3.34. The first kappa shape index (κ1) is 20.0. The Balaban J connectivity index is 1.72. The average Bonchev–Trinajstić information content (AvgIpc) is 3.35. The van der Waals surface area contributed by atoms with Gasteiger partial charge in [0.25, 0.3) is 0 Å². The summed E-state index contributed by atoms with van der Waals surface area (Å²) in [4.78, 5) is 14.8. The Labute approximate surface area is 167 Å². The van der Waals surface area contributed by atoms with Crippen LogP contribution in [-0.4, -0.2) is 15.4 Å². The van der Waals surface area contributed by atoms with Crippen LogP contribution < -0.4 is 0 Å². The van der Waals surface area contributed by atoms with Crippen molar-refractivity contribution in [3.05, 3.63) is 83.6 Å². The van der Waals surface area contributed by atoms with Gasteiger partial charge in [0.1, 0.15) is 5.76 Å². The van der Waals surface area contributed by atoms with Gasteiger partial charge in [0.05, 0.1) is 19.4 Å². The van der Waals surface area contributed by atoms with Gasteiger partial charge in [-0.05, 0) is 43.2 Å². The van der Waals surface area contributed by atoms with Crippen molar-refractivity contribution in [2.45, 2.75) is 59.2 Å². The minimum absolute atomic E-state index is 0.188. The first-order chi connectivity index (χ1) is 13.7. The second-order valence-corrected chi connectivity index (χ2v) is 7.40. The van der Waals surface area contributed by atoms with E-state index in [4.69, 9.17) is 4.42 Å². The van der Waals surface area contributed by atoms with Crippen LogP contribution in [0, 0.1) is 6.92 Å². The zero-order valence-corrected chi connectivity index (χ0v) is 16.9. The molecule has 0 aliphatic heterocycles. The summed E-state index contributed by atoms with van der Waals surface area (Å²) < 4.78 is 7.72. The third-order valence-electron chi connectivity index (χ3n) is 5.02. The van der Waals surface area contributed by atoms with Crippen molar-refractivity contribution < 1.29 is 9.21 Å². The third kappa shape index (κ3) is 5.62. The highest BCUT2D eigenvalue weighted by Crippen LogP contribution is 2.16. The van der Waals surface area contributed by atoms with Crippen LogP contribution in [0.3, 0.4) is 0 Å². The predicted molar refractivity (Wildman–Crippen MR) is 112 cm³/mol. The molecule has 0 bridgehead atoms. The molecule has 0 saturated carbocycles. The molecule has 2 aromatic heterocycles. The Morgan fingerprint density at radius 1 is 1.04 bits per heavy atom. The number of amides is 1. The lowest BCUT2D eigenvalue weighted by Crippen LogP contribution is -2.30. The van der Waals surface area contributed by atoms with Gasteiger partial charge in [-0.25, -0.2) is 0 Å². The highest BCUT2D eigenvalue weighted by atomic mass is 16.3. The molecule has 0 radical (unpaired) electrons. The molecule has 3 rings (SSSR count). The smallest absolute Gasteiger partial charge is 0.223 e. The number of aryl methyl sites for hydroxylation is 1. The van der Waals surface area contributed by atoms with Crippen molar-refractivity contribution in [2.75, 3.05) is 0 Å². The zero-order valence-electron chi connectivity index (χ0n) is 16.9. The van der Waals surface area contributed by atoms with Crippen molar-refractivity contribution in [3.8, 4) is 0 Å². The Hall–Kier alpha value is -2.75. The largest absolute Gasteiger partial charge is 0.467 e. The van der Waals surface area contributed by atoms with Crippen LogP contribution in [0.4, 0.5) is 0 Å². The Bertz CT molecular complexity index is 847. The summed E-state index contributed by atoms with van der Waals surface area (Å²) in [5.41, 5.74) is 3.66. The maximum Gasteiger partial charge on any atom is 0.223 e. The van der Waals surface area contributed by atoms with E-state index in [1.54, 1.807) is 6.26 Å². The molecule has 0 atom stereocenters. The fraction of sp³-hybridized carbons (Fsp3) is 0.375. The summed E-state index contributed by atoms with van der Waals surface area (Å²) in [5, 5.41) is 0. The number of carbonyl (C=O) groups excluding carboxylic acids is 1. The van der Waals surface area contributed by atoms with Gasteiger partial charge in [0.2, 0.25) is 5.91 Å². The fourth-order valence-corrected chi connectivity index (χ4v) is 3.34. The normalized spacial score (nSPS) is 10.9. The molecule has 1 amide bonds. The minimum atomic E-state index is 0.188. The van der Waals surface area contributed by atoms with Gasteiger partial charge < -0.3 is 13.9 Å². The van der Waals surface area contributed by atoms with E-state index >= 15 is 0 Å². The SMILES string of the molecule is CCCCCC(=O)N(Cc1ccco1)Cc1cccn1Cc1ccc(C)cc1. The molecule has 0 spiro atoms. The molecule has 0 aliphatic rings. The van der Waals surface area contributed by atoms with Gasteiger partial charge in [-0.2, -0.15) is 0 Å². The van der Waals surface area contributed by atoms with Crippen LogP contribution in [0.25, 0.3) is 0 Å². The lowest BCUT2D eigenvalue weighted by atomic mass is 10.1. The van der Waals surface area contributed by atoms with E-state index in [0.717, 1.165) is 37.3 Å². The summed E-state index contributed by atoms with van der Waals surface area (Å²) in [5.74, 6) is 1.01. The van der Waals surface area contributed by atoms with Crippen molar-refractivity contribution >= 4 is 5.91 Å². The molecule has 2 heterocycles. The van der Waals surface area contributed by atoms with Crippen LogP contribution in [0.15, 0.2) is 65.4 Å². The van der Waals surface area contributed by atoms with Crippen molar-refractivity contribution in [1.82, 2.24) is 9.47 Å². The first-order valence-electron chi connectivity index (χ1n) is 10.2. The van der Waals surface area contributed by atoms with Gasteiger partial charge in [-0.15, -0.1) is 0 Å². The van der Waals surface area contributed by atoms with E-state index in [1.807, 2.05) is 17.0 Å². The molecule has 4 heteroatoms. The van der Waals surface area contributed by atoms with Crippen LogP contribution >= 0.6 is 0 Å². The number of hydrogen-bond donors (Lipinski definition) is 0. The van der Waals surface area contributed by atoms with Crippen molar-refractivity contribution in [3.63, 3.8) is 0 Å². The number of furan rings is 1. The van der Waals surface area contributed by atoms with Crippen LogP contribution in [-0.2, 0) is 24.4 Å². The number of aromatic nitrogens is 1. The summed E-state index contributed by atoms with van der Waals surface area (Å²) in [6.45, 7) is 6.16. The summed E-state index contributed by atoms with van der Waals surface area (Å²) >= 11 is 0. The highest BCUT2D eigenvalue weighted by molar-refractivity contribution is 5.76. The molecule has 0 unspecified atom stereocenters. The number of carbonyl (C=O) groups is 1. The first-order valence-corrected chi connectivity index (χ1v) is 10.2. The van der Waals surface area contributed by atoms with Gasteiger partial charge in [-0.1, -0.05) is 49.6 Å². The Kier molecular flexibility index (Phi) is 7.12. The zero-order chi connectivity index (χ0) is 19.8. The van der Waals surface area contributed by atoms with Crippen LogP contribution in [0.2, 0.25) is 0 Å². The molecule has 3 aromatic rings. The quantitative estimate of drug-likeness (QED) is 0.434. The van der Waals surface area contributed by atoms with Crippen molar-refractivity contribution in [2.24, 2.45) is 0 Å². The molecule has 0 fully saturated rings. The van der Waals surface area contributed by atoms with Gasteiger partial charge in [0, 0.05) is 24.9 Å². The van der Waals surface area contributed by atoms with E-state index in [2.05, 4.69) is 61.0 Å². The lowest BCUT2D eigenvalue weighted by Gasteiger charge is -2.23. The van der Waals surface area contributed by atoms with E-state index < -0.39 is 0 Å². The van der Waals surface area contributed by atoms with Crippen LogP contribution in [0.5, 0.6) is 0 Å². The van der Waals surface area contributed by atoms with Gasteiger partial charge >= 0.3 is 0 Å². The molecule has 1 aromatic carbocycles. The molecule has 148 valence electrons. The number of benzene rings is 1. The Morgan fingerprint density at radius 3 is 2.57 bits per heavy atom. The summed E-state index contributed by atoms with van der Waals surface area (Å²) in [6, 6.07) is 16.6. The highest BCUT2D eigenvalue weighted by Gasteiger charge is 2.17. The molecule has 28 heavy (non-hydrogen) atoms. The third-order valence-corrected chi connectivity index (χ3v) is 5.02. The van der Waals surface area contributed by atoms with E-state index in [9.17, 15) is 4.79 Å². The topological polar surface area (TPSA) is 38.4 Å². The number of unbranched alkanes of at least 4 members (excludes halogenated alkanes) is 2. The van der Waals surface area contributed by atoms with Gasteiger partial charge in [-0.3, -0.25) is 4.79 Å². The van der Waals surface area contributed by atoms with Crippen LogP contribution in [0.1, 0.15) is 55.2 Å². The summed E-state index contributed by atoms with van der Waals surface area (Å²) in [6.07, 6.45) is 7.48. The molecule has 0 aliphatic carbocycles. The Morgan fingerprint density at radius 2 is 1.86 bits per heavy atom. The molecule has 0 saturated heterocycles. The molecular formula is C24H30N2O2. The second kappa shape index (κ2) is 9.98. The molecular weight excluding hydrogens is 348 g/mol. The standard InChI is InChI=1S/C24H30N2O2/c1-3-4-5-10-24(27)26(19-23-9-7-16-28-23)18-22-8-6-15-25(22)17-21-13-11-20(2)12-14-21/h6-9,11-16H,3-5,10,17-19H2,1-2H3.